The van der Waals surface area contributed by atoms with E-state index in [1.165, 1.54) is 5.56 Å². The van der Waals surface area contributed by atoms with Crippen LogP contribution in [0, 0.1) is 11.3 Å². The van der Waals surface area contributed by atoms with Crippen LogP contribution in [0.3, 0.4) is 0 Å². The highest BCUT2D eigenvalue weighted by molar-refractivity contribution is 6.08. The number of benzene rings is 2. The second-order valence-electron chi connectivity index (χ2n) is 8.61. The second kappa shape index (κ2) is 8.40. The Balaban J connectivity index is 1.31. The molecule has 1 unspecified atom stereocenters. The van der Waals surface area contributed by atoms with E-state index in [1.807, 2.05) is 48.2 Å². The van der Waals surface area contributed by atoms with Gasteiger partial charge in [-0.1, -0.05) is 60.7 Å². The Labute approximate surface area is 173 Å². The van der Waals surface area contributed by atoms with Crippen LogP contribution in [-0.2, 0) is 16.0 Å². The minimum absolute atomic E-state index is 0.0356. The standard InChI is InChI=1S/C25H30N2O2/c1-19(22-10-6-3-7-11-22)26-23(28)25(14-15-25)24(29)27-16-12-21(13-17-27)18-20-8-4-2-5-9-20/h2-11,19,21H,12-18H2,1H3,(H,26,28). The molecule has 1 N–H and O–H groups in total. The van der Waals surface area contributed by atoms with E-state index >= 15 is 0 Å². The second-order valence-corrected chi connectivity index (χ2v) is 8.61. The maximum atomic E-state index is 13.2. The van der Waals surface area contributed by atoms with E-state index in [1.54, 1.807) is 0 Å². The van der Waals surface area contributed by atoms with Crippen molar-refractivity contribution in [1.82, 2.24) is 10.2 Å². The van der Waals surface area contributed by atoms with E-state index in [9.17, 15) is 9.59 Å². The molecule has 0 radical (unpaired) electrons. The maximum Gasteiger partial charge on any atom is 0.238 e. The smallest absolute Gasteiger partial charge is 0.238 e. The van der Waals surface area contributed by atoms with Gasteiger partial charge in [0.25, 0.3) is 0 Å². The molecule has 1 atom stereocenters. The number of hydrogen-bond acceptors (Lipinski definition) is 2. The number of amides is 2. The lowest BCUT2D eigenvalue weighted by Crippen LogP contribution is -2.48. The van der Waals surface area contributed by atoms with Crippen molar-refractivity contribution < 1.29 is 9.59 Å². The summed E-state index contributed by atoms with van der Waals surface area (Å²) in [6, 6.07) is 20.4. The first-order valence-corrected chi connectivity index (χ1v) is 10.8. The molecule has 0 spiro atoms. The van der Waals surface area contributed by atoms with Crippen LogP contribution in [0.15, 0.2) is 60.7 Å². The molecular formula is C25H30N2O2. The predicted octanol–water partition coefficient (Wildman–Crippen LogP) is 4.13. The molecule has 1 aliphatic carbocycles. The van der Waals surface area contributed by atoms with Crippen molar-refractivity contribution in [1.29, 1.82) is 0 Å². The lowest BCUT2D eigenvalue weighted by molar-refractivity contribution is -0.145. The van der Waals surface area contributed by atoms with Gasteiger partial charge in [-0.3, -0.25) is 9.59 Å². The van der Waals surface area contributed by atoms with Gasteiger partial charge in [-0.25, -0.2) is 0 Å². The number of likely N-dealkylation sites (tertiary alicyclic amines) is 1. The molecular weight excluding hydrogens is 360 g/mol. The van der Waals surface area contributed by atoms with Crippen LogP contribution in [0.2, 0.25) is 0 Å². The van der Waals surface area contributed by atoms with E-state index in [4.69, 9.17) is 0 Å². The van der Waals surface area contributed by atoms with Gasteiger partial charge < -0.3 is 10.2 Å². The SMILES string of the molecule is CC(NC(=O)C1(C(=O)N2CCC(Cc3ccccc3)CC2)CC1)c1ccccc1. The van der Waals surface area contributed by atoms with Gasteiger partial charge in [-0.05, 0) is 56.1 Å². The Morgan fingerprint density at radius 3 is 2.17 bits per heavy atom. The van der Waals surface area contributed by atoms with Gasteiger partial charge in [-0.15, -0.1) is 0 Å². The van der Waals surface area contributed by atoms with Crippen molar-refractivity contribution in [3.8, 4) is 0 Å². The summed E-state index contributed by atoms with van der Waals surface area (Å²) in [7, 11) is 0. The molecule has 29 heavy (non-hydrogen) atoms. The summed E-state index contributed by atoms with van der Waals surface area (Å²) in [6.45, 7) is 3.50. The lowest BCUT2D eigenvalue weighted by atomic mass is 9.89. The third kappa shape index (κ3) is 4.36. The molecule has 2 aromatic rings. The van der Waals surface area contributed by atoms with Crippen LogP contribution in [0.1, 0.15) is 49.8 Å². The number of carbonyl (C=O) groups is 2. The van der Waals surface area contributed by atoms with Gasteiger partial charge in [0.15, 0.2) is 0 Å². The molecule has 152 valence electrons. The summed E-state index contributed by atoms with van der Waals surface area (Å²) < 4.78 is 0. The number of carbonyl (C=O) groups excluding carboxylic acids is 2. The largest absolute Gasteiger partial charge is 0.349 e. The topological polar surface area (TPSA) is 49.4 Å². The van der Waals surface area contributed by atoms with Gasteiger partial charge in [0, 0.05) is 13.1 Å². The van der Waals surface area contributed by atoms with Crippen LogP contribution in [0.4, 0.5) is 0 Å². The fourth-order valence-electron chi connectivity index (χ4n) is 4.41. The number of rotatable bonds is 6. The van der Waals surface area contributed by atoms with Crippen molar-refractivity contribution in [3.05, 3.63) is 71.8 Å². The van der Waals surface area contributed by atoms with Crippen molar-refractivity contribution in [2.45, 2.75) is 45.1 Å². The summed E-state index contributed by atoms with van der Waals surface area (Å²) in [5.41, 5.74) is 1.60. The highest BCUT2D eigenvalue weighted by Gasteiger charge is 2.58. The summed E-state index contributed by atoms with van der Waals surface area (Å²) in [5.74, 6) is 0.544. The molecule has 0 bridgehead atoms. The molecule has 2 aliphatic rings. The first-order valence-electron chi connectivity index (χ1n) is 10.8. The summed E-state index contributed by atoms with van der Waals surface area (Å²) in [4.78, 5) is 28.0. The molecule has 2 fully saturated rings. The van der Waals surface area contributed by atoms with Gasteiger partial charge >= 0.3 is 0 Å². The van der Waals surface area contributed by atoms with E-state index < -0.39 is 5.41 Å². The zero-order valence-electron chi connectivity index (χ0n) is 17.1. The number of nitrogens with zero attached hydrogens (tertiary/aromatic N) is 1. The molecule has 4 heteroatoms. The van der Waals surface area contributed by atoms with E-state index in [0.29, 0.717) is 18.8 Å². The van der Waals surface area contributed by atoms with Gasteiger partial charge in [0.05, 0.1) is 6.04 Å². The zero-order chi connectivity index (χ0) is 20.3. The maximum absolute atomic E-state index is 13.2. The van der Waals surface area contributed by atoms with Crippen LogP contribution >= 0.6 is 0 Å². The molecule has 1 saturated carbocycles. The van der Waals surface area contributed by atoms with Crippen LogP contribution in [-0.4, -0.2) is 29.8 Å². The fourth-order valence-corrected chi connectivity index (χ4v) is 4.41. The third-order valence-corrected chi connectivity index (χ3v) is 6.51. The zero-order valence-corrected chi connectivity index (χ0v) is 17.1. The average Bonchev–Trinajstić information content (AvgIpc) is 3.57. The van der Waals surface area contributed by atoms with Crippen molar-refractivity contribution in [3.63, 3.8) is 0 Å². The Kier molecular flexibility index (Phi) is 5.70. The fraction of sp³-hybridized carbons (Fsp3) is 0.440. The normalized spacial score (nSPS) is 19.4. The first-order chi connectivity index (χ1) is 14.1. The monoisotopic (exact) mass is 390 g/mol. The van der Waals surface area contributed by atoms with E-state index in [-0.39, 0.29) is 17.9 Å². The molecule has 1 heterocycles. The number of hydrogen-bond donors (Lipinski definition) is 1. The highest BCUT2D eigenvalue weighted by Crippen LogP contribution is 2.48. The Morgan fingerprint density at radius 2 is 1.59 bits per heavy atom. The van der Waals surface area contributed by atoms with Crippen molar-refractivity contribution in [2.75, 3.05) is 13.1 Å². The van der Waals surface area contributed by atoms with Gasteiger partial charge in [0.1, 0.15) is 5.41 Å². The Morgan fingerprint density at radius 1 is 1.00 bits per heavy atom. The average molecular weight is 391 g/mol. The van der Waals surface area contributed by atoms with Crippen molar-refractivity contribution in [2.24, 2.45) is 11.3 Å². The van der Waals surface area contributed by atoms with Crippen molar-refractivity contribution >= 4 is 11.8 Å². The number of nitrogens with one attached hydrogen (secondary N) is 1. The lowest BCUT2D eigenvalue weighted by Gasteiger charge is -2.34. The molecule has 0 aromatic heterocycles. The molecule has 2 amide bonds. The van der Waals surface area contributed by atoms with Gasteiger partial charge in [0.2, 0.25) is 11.8 Å². The first kappa shape index (κ1) is 19.7. The molecule has 1 aliphatic heterocycles. The van der Waals surface area contributed by atoms with Gasteiger partial charge in [-0.2, -0.15) is 0 Å². The Hall–Kier alpha value is -2.62. The predicted molar refractivity (Wildman–Crippen MR) is 114 cm³/mol. The molecule has 1 saturated heterocycles. The Bertz CT molecular complexity index is 838. The van der Waals surface area contributed by atoms with Crippen LogP contribution in [0.5, 0.6) is 0 Å². The molecule has 4 rings (SSSR count). The van der Waals surface area contributed by atoms with E-state index in [0.717, 1.165) is 37.9 Å². The van der Waals surface area contributed by atoms with Crippen LogP contribution < -0.4 is 5.32 Å². The number of piperidine rings is 1. The summed E-state index contributed by atoms with van der Waals surface area (Å²) in [5, 5.41) is 3.07. The minimum Gasteiger partial charge on any atom is -0.349 e. The summed E-state index contributed by atoms with van der Waals surface area (Å²) in [6.07, 6.45) is 4.44. The molecule has 2 aromatic carbocycles. The highest BCUT2D eigenvalue weighted by atomic mass is 16.2. The molecule has 4 nitrogen and oxygen atoms in total. The van der Waals surface area contributed by atoms with Crippen LogP contribution in [0.25, 0.3) is 0 Å². The summed E-state index contributed by atoms with van der Waals surface area (Å²) >= 11 is 0. The quantitative estimate of drug-likeness (QED) is 0.754. The van der Waals surface area contributed by atoms with E-state index in [2.05, 4.69) is 29.6 Å². The third-order valence-electron chi connectivity index (χ3n) is 6.51. The minimum atomic E-state index is -0.824.